The topological polar surface area (TPSA) is 81.7 Å². The van der Waals surface area contributed by atoms with Gasteiger partial charge in [0.15, 0.2) is 0 Å². The molecular formula is C25H20FNO5S. The molecular weight excluding hydrogens is 445 g/mol. The van der Waals surface area contributed by atoms with E-state index in [0.29, 0.717) is 16.7 Å². The van der Waals surface area contributed by atoms with Gasteiger partial charge in [0, 0.05) is 23.6 Å². The summed E-state index contributed by atoms with van der Waals surface area (Å²) >= 11 is 0. The molecule has 4 rings (SSSR count). The van der Waals surface area contributed by atoms with Gasteiger partial charge in [0.2, 0.25) is 0 Å². The highest BCUT2D eigenvalue weighted by Gasteiger charge is 2.29. The van der Waals surface area contributed by atoms with Crippen molar-refractivity contribution in [2.75, 3.05) is 6.61 Å². The molecule has 0 unspecified atom stereocenters. The average Bonchev–Trinajstić information content (AvgIpc) is 3.11. The number of ether oxygens (including phenoxy) is 1. The van der Waals surface area contributed by atoms with Gasteiger partial charge >= 0.3 is 16.6 Å². The van der Waals surface area contributed by atoms with Crippen molar-refractivity contribution in [1.29, 1.82) is 0 Å². The lowest BCUT2D eigenvalue weighted by atomic mass is 9.98. The van der Waals surface area contributed by atoms with Gasteiger partial charge in [0.05, 0.1) is 0 Å². The number of halogens is 1. The highest BCUT2D eigenvalue weighted by molar-refractivity contribution is 7.81. The summed E-state index contributed by atoms with van der Waals surface area (Å²) in [5.74, 6) is 2.07. The second kappa shape index (κ2) is 8.96. The Bertz CT molecular complexity index is 1330. The van der Waals surface area contributed by atoms with Crippen LogP contribution in [0.5, 0.6) is 5.75 Å². The lowest BCUT2D eigenvalue weighted by molar-refractivity contribution is 0.142. The number of hydrogen-bond acceptors (Lipinski definition) is 5. The number of carbonyl (C=O) groups excluding carboxylic acids is 1. The standard InChI is InChI=1S/C25H20FNO5S/c1-3-18-12-17(13-24(16(18)2)32-33(26,29)30)14-27-25(28)31-15-23-21-10-6-4-8-19(21)20-9-5-7-11-22(20)23/h1,4-13,23H,14-15H2,2H3,(H,27,28). The Morgan fingerprint density at radius 1 is 1.09 bits per heavy atom. The van der Waals surface area contributed by atoms with Gasteiger partial charge in [0.1, 0.15) is 12.4 Å². The van der Waals surface area contributed by atoms with Crippen molar-refractivity contribution in [3.63, 3.8) is 0 Å². The van der Waals surface area contributed by atoms with Gasteiger partial charge in [-0.3, -0.25) is 0 Å². The molecule has 0 fully saturated rings. The number of terminal acetylenes is 1. The second-order valence-corrected chi connectivity index (χ2v) is 8.52. The van der Waals surface area contributed by atoms with Crippen LogP contribution in [-0.4, -0.2) is 21.1 Å². The summed E-state index contributed by atoms with van der Waals surface area (Å²) in [5.41, 5.74) is 5.48. The molecule has 0 spiro atoms. The Labute approximate surface area is 191 Å². The summed E-state index contributed by atoms with van der Waals surface area (Å²) in [5, 5.41) is 2.60. The first-order valence-electron chi connectivity index (χ1n) is 10.1. The van der Waals surface area contributed by atoms with Gasteiger partial charge < -0.3 is 14.2 Å². The molecule has 1 N–H and O–H groups in total. The van der Waals surface area contributed by atoms with Gasteiger partial charge in [-0.1, -0.05) is 58.3 Å². The maximum Gasteiger partial charge on any atom is 0.488 e. The Hall–Kier alpha value is -3.83. The molecule has 0 atom stereocenters. The van der Waals surface area contributed by atoms with Crippen molar-refractivity contribution in [2.24, 2.45) is 0 Å². The number of alkyl carbamates (subject to hydrolysis) is 1. The minimum Gasteiger partial charge on any atom is -0.449 e. The summed E-state index contributed by atoms with van der Waals surface area (Å²) in [6.07, 6.45) is 4.79. The fourth-order valence-corrected chi connectivity index (χ4v) is 4.40. The highest BCUT2D eigenvalue weighted by Crippen LogP contribution is 2.44. The van der Waals surface area contributed by atoms with E-state index in [0.717, 1.165) is 22.3 Å². The molecule has 1 amide bonds. The van der Waals surface area contributed by atoms with Crippen molar-refractivity contribution in [1.82, 2.24) is 5.32 Å². The van der Waals surface area contributed by atoms with E-state index >= 15 is 0 Å². The monoisotopic (exact) mass is 465 g/mol. The van der Waals surface area contributed by atoms with Gasteiger partial charge in [-0.25, -0.2) is 4.79 Å². The summed E-state index contributed by atoms with van der Waals surface area (Å²) in [6.45, 7) is 1.64. The van der Waals surface area contributed by atoms with E-state index < -0.39 is 16.6 Å². The Morgan fingerprint density at radius 2 is 1.70 bits per heavy atom. The van der Waals surface area contributed by atoms with Crippen molar-refractivity contribution >= 4 is 16.6 Å². The number of amides is 1. The SMILES string of the molecule is C#Cc1cc(CNC(=O)OCC2c3ccccc3-c3ccccc32)cc(OS(=O)(=O)F)c1C. The summed E-state index contributed by atoms with van der Waals surface area (Å²) in [6, 6.07) is 18.9. The van der Waals surface area contributed by atoms with Crippen LogP contribution in [0.2, 0.25) is 0 Å². The van der Waals surface area contributed by atoms with E-state index in [4.69, 9.17) is 11.2 Å². The summed E-state index contributed by atoms with van der Waals surface area (Å²) in [4.78, 5) is 12.4. The minimum atomic E-state index is -5.22. The van der Waals surface area contributed by atoms with Crippen LogP contribution in [0.4, 0.5) is 8.68 Å². The molecule has 1 aliphatic rings. The summed E-state index contributed by atoms with van der Waals surface area (Å²) in [7, 11) is -5.22. The molecule has 8 heteroatoms. The molecule has 33 heavy (non-hydrogen) atoms. The van der Waals surface area contributed by atoms with Crippen LogP contribution >= 0.6 is 0 Å². The Balaban J connectivity index is 1.44. The molecule has 0 saturated heterocycles. The number of carbonyl (C=O) groups is 1. The molecule has 6 nitrogen and oxygen atoms in total. The van der Waals surface area contributed by atoms with Gasteiger partial charge in [0.25, 0.3) is 0 Å². The number of fused-ring (bicyclic) bond motifs is 3. The predicted molar refractivity (Wildman–Crippen MR) is 122 cm³/mol. The van der Waals surface area contributed by atoms with Crippen molar-refractivity contribution in [3.05, 3.63) is 88.5 Å². The smallest absolute Gasteiger partial charge is 0.449 e. The van der Waals surface area contributed by atoms with E-state index in [1.54, 1.807) is 6.07 Å². The van der Waals surface area contributed by atoms with Crippen molar-refractivity contribution < 1.29 is 26.0 Å². The third-order valence-corrected chi connectivity index (χ3v) is 5.92. The van der Waals surface area contributed by atoms with E-state index in [-0.39, 0.29) is 24.8 Å². The highest BCUT2D eigenvalue weighted by atomic mass is 32.3. The first-order valence-corrected chi connectivity index (χ1v) is 11.4. The normalized spacial score (nSPS) is 12.4. The maximum absolute atomic E-state index is 13.0. The zero-order chi connectivity index (χ0) is 23.6. The largest absolute Gasteiger partial charge is 0.488 e. The van der Waals surface area contributed by atoms with Crippen molar-refractivity contribution in [3.8, 4) is 29.2 Å². The zero-order valence-electron chi connectivity index (χ0n) is 17.7. The van der Waals surface area contributed by atoms with Gasteiger partial charge in [-0.2, -0.15) is 8.42 Å². The molecule has 1 aliphatic carbocycles. The van der Waals surface area contributed by atoms with E-state index in [2.05, 4.69) is 15.4 Å². The Kier molecular flexibility index (Phi) is 6.07. The number of nitrogens with one attached hydrogen (secondary N) is 1. The number of rotatable bonds is 6. The third-order valence-electron chi connectivity index (χ3n) is 5.55. The minimum absolute atomic E-state index is 0.0195. The molecule has 3 aromatic rings. The molecule has 0 aromatic heterocycles. The molecule has 0 bridgehead atoms. The quantitative estimate of drug-likeness (QED) is 0.425. The molecule has 168 valence electrons. The predicted octanol–water partition coefficient (Wildman–Crippen LogP) is 4.61. The van der Waals surface area contributed by atoms with Crippen LogP contribution in [0.3, 0.4) is 0 Å². The fourth-order valence-electron chi connectivity index (χ4n) is 4.01. The first kappa shape index (κ1) is 22.4. The molecule has 0 aliphatic heterocycles. The van der Waals surface area contributed by atoms with Crippen LogP contribution in [-0.2, 0) is 21.8 Å². The maximum atomic E-state index is 13.0. The van der Waals surface area contributed by atoms with E-state index in [9.17, 15) is 17.1 Å². The Morgan fingerprint density at radius 3 is 2.27 bits per heavy atom. The first-order chi connectivity index (χ1) is 15.8. The van der Waals surface area contributed by atoms with Crippen molar-refractivity contribution in [2.45, 2.75) is 19.4 Å². The average molecular weight is 466 g/mol. The zero-order valence-corrected chi connectivity index (χ0v) is 18.5. The van der Waals surface area contributed by atoms with Crippen LogP contribution in [0.25, 0.3) is 11.1 Å². The fraction of sp³-hybridized carbons (Fsp3) is 0.160. The molecule has 0 radical (unpaired) electrons. The van der Waals surface area contributed by atoms with E-state index in [1.165, 1.54) is 13.0 Å². The lowest BCUT2D eigenvalue weighted by Gasteiger charge is -2.15. The van der Waals surface area contributed by atoms with Crippen LogP contribution in [0, 0.1) is 19.3 Å². The molecule has 3 aromatic carbocycles. The summed E-state index contributed by atoms with van der Waals surface area (Å²) < 4.78 is 44.6. The van der Waals surface area contributed by atoms with Crippen LogP contribution < -0.4 is 9.50 Å². The second-order valence-electron chi connectivity index (χ2n) is 7.57. The van der Waals surface area contributed by atoms with E-state index in [1.807, 2.05) is 48.5 Å². The lowest BCUT2D eigenvalue weighted by Crippen LogP contribution is -2.25. The number of benzene rings is 3. The number of hydrogen-bond donors (Lipinski definition) is 1. The molecule has 0 heterocycles. The van der Waals surface area contributed by atoms with Crippen LogP contribution in [0.15, 0.2) is 60.7 Å². The molecule has 0 saturated carbocycles. The van der Waals surface area contributed by atoms with Gasteiger partial charge in [-0.15, -0.1) is 6.42 Å². The van der Waals surface area contributed by atoms with Gasteiger partial charge in [-0.05, 0) is 46.9 Å². The third kappa shape index (κ3) is 4.83. The van der Waals surface area contributed by atoms with Crippen LogP contribution in [0.1, 0.15) is 33.7 Å².